The molecule has 3 rings (SSSR count). The standard InChI is InChI=1S/C13H12F2N4O2/c14-9(15)6-17-12(20)10-13(21)19(7-3-4-7)11-8(18-10)2-1-5-16-11/h1-2,5,7,9H,3-4,6H2,(H,17,20). The Morgan fingerprint density at radius 2 is 2.24 bits per heavy atom. The van der Waals surface area contributed by atoms with Crippen LogP contribution in [0.3, 0.4) is 0 Å². The number of amides is 1. The molecule has 110 valence electrons. The van der Waals surface area contributed by atoms with Gasteiger partial charge >= 0.3 is 0 Å². The highest BCUT2D eigenvalue weighted by Gasteiger charge is 2.29. The van der Waals surface area contributed by atoms with E-state index in [4.69, 9.17) is 0 Å². The van der Waals surface area contributed by atoms with Crippen molar-refractivity contribution < 1.29 is 13.6 Å². The van der Waals surface area contributed by atoms with Gasteiger partial charge in [-0.2, -0.15) is 0 Å². The van der Waals surface area contributed by atoms with Gasteiger partial charge < -0.3 is 5.32 Å². The Labute approximate surface area is 117 Å². The highest BCUT2D eigenvalue weighted by Crippen LogP contribution is 2.35. The lowest BCUT2D eigenvalue weighted by atomic mass is 10.3. The summed E-state index contributed by atoms with van der Waals surface area (Å²) in [5, 5.41) is 2.01. The number of carbonyl (C=O) groups is 1. The summed E-state index contributed by atoms with van der Waals surface area (Å²) < 4.78 is 25.7. The van der Waals surface area contributed by atoms with Gasteiger partial charge in [0.15, 0.2) is 11.3 Å². The molecule has 0 spiro atoms. The van der Waals surface area contributed by atoms with Crippen molar-refractivity contribution in [2.75, 3.05) is 6.54 Å². The van der Waals surface area contributed by atoms with E-state index in [1.807, 2.05) is 5.32 Å². The molecule has 21 heavy (non-hydrogen) atoms. The van der Waals surface area contributed by atoms with Crippen molar-refractivity contribution in [1.29, 1.82) is 0 Å². The Morgan fingerprint density at radius 1 is 1.48 bits per heavy atom. The molecule has 0 aromatic carbocycles. The maximum atomic E-state index is 12.4. The molecule has 1 aliphatic rings. The molecule has 1 fully saturated rings. The summed E-state index contributed by atoms with van der Waals surface area (Å²) in [6.45, 7) is -0.811. The molecule has 8 heteroatoms. The molecule has 2 aromatic heterocycles. The van der Waals surface area contributed by atoms with Crippen molar-refractivity contribution in [3.8, 4) is 0 Å². The Balaban J connectivity index is 2.09. The van der Waals surface area contributed by atoms with Crippen LogP contribution in [-0.4, -0.2) is 33.4 Å². The molecule has 0 bridgehead atoms. The fourth-order valence-electron chi connectivity index (χ4n) is 2.11. The molecule has 2 aromatic rings. The van der Waals surface area contributed by atoms with Gasteiger partial charge in [-0.3, -0.25) is 14.2 Å². The third-order valence-corrected chi connectivity index (χ3v) is 3.19. The lowest BCUT2D eigenvalue weighted by Crippen LogP contribution is -2.36. The molecular formula is C13H12F2N4O2. The number of pyridine rings is 1. The van der Waals surface area contributed by atoms with E-state index in [0.29, 0.717) is 11.2 Å². The average molecular weight is 294 g/mol. The number of aromatic nitrogens is 3. The molecule has 1 saturated carbocycles. The molecule has 0 saturated heterocycles. The number of carbonyl (C=O) groups excluding carboxylic acids is 1. The zero-order valence-electron chi connectivity index (χ0n) is 10.9. The molecule has 0 radical (unpaired) electrons. The van der Waals surface area contributed by atoms with Crippen LogP contribution in [0, 0.1) is 0 Å². The van der Waals surface area contributed by atoms with Gasteiger partial charge in [-0.15, -0.1) is 0 Å². The predicted octanol–water partition coefficient (Wildman–Crippen LogP) is 1.12. The lowest BCUT2D eigenvalue weighted by Gasteiger charge is -2.10. The quantitative estimate of drug-likeness (QED) is 0.916. The largest absolute Gasteiger partial charge is 0.345 e. The summed E-state index contributed by atoms with van der Waals surface area (Å²) in [5.74, 6) is -0.888. The van der Waals surface area contributed by atoms with Crippen LogP contribution < -0.4 is 10.9 Å². The molecular weight excluding hydrogens is 282 g/mol. The Kier molecular flexibility index (Phi) is 3.36. The van der Waals surface area contributed by atoms with Crippen LogP contribution in [0.2, 0.25) is 0 Å². The van der Waals surface area contributed by atoms with Crippen molar-refractivity contribution in [1.82, 2.24) is 19.9 Å². The van der Waals surface area contributed by atoms with Crippen molar-refractivity contribution in [2.24, 2.45) is 0 Å². The van der Waals surface area contributed by atoms with Crippen LogP contribution in [-0.2, 0) is 0 Å². The lowest BCUT2D eigenvalue weighted by molar-refractivity contribution is 0.0885. The van der Waals surface area contributed by atoms with E-state index in [1.54, 1.807) is 18.3 Å². The maximum absolute atomic E-state index is 12.4. The van der Waals surface area contributed by atoms with E-state index in [9.17, 15) is 18.4 Å². The van der Waals surface area contributed by atoms with Gasteiger partial charge in [0, 0.05) is 12.2 Å². The maximum Gasteiger partial charge on any atom is 0.284 e. The first-order valence-corrected chi connectivity index (χ1v) is 6.51. The Bertz CT molecular complexity index is 755. The van der Waals surface area contributed by atoms with Crippen LogP contribution in [0.1, 0.15) is 29.4 Å². The number of rotatable bonds is 4. The van der Waals surface area contributed by atoms with Crippen molar-refractivity contribution in [3.05, 3.63) is 34.4 Å². The topological polar surface area (TPSA) is 76.9 Å². The summed E-state index contributed by atoms with van der Waals surface area (Å²) in [4.78, 5) is 32.3. The van der Waals surface area contributed by atoms with E-state index in [2.05, 4.69) is 9.97 Å². The zero-order valence-corrected chi connectivity index (χ0v) is 10.9. The number of nitrogens with one attached hydrogen (secondary N) is 1. The van der Waals surface area contributed by atoms with E-state index < -0.39 is 24.4 Å². The van der Waals surface area contributed by atoms with Gasteiger partial charge in [-0.25, -0.2) is 18.7 Å². The first kappa shape index (κ1) is 13.6. The summed E-state index contributed by atoms with van der Waals surface area (Å²) in [6, 6.07) is 3.27. The van der Waals surface area contributed by atoms with Crippen LogP contribution in [0.15, 0.2) is 23.1 Å². The van der Waals surface area contributed by atoms with Crippen molar-refractivity contribution in [2.45, 2.75) is 25.3 Å². The summed E-state index contributed by atoms with van der Waals surface area (Å²) in [6.07, 6.45) is 0.516. The van der Waals surface area contributed by atoms with E-state index >= 15 is 0 Å². The van der Waals surface area contributed by atoms with Crippen LogP contribution in [0.25, 0.3) is 11.2 Å². The summed E-state index contributed by atoms with van der Waals surface area (Å²) in [5.41, 5.74) is -0.153. The molecule has 0 aliphatic heterocycles. The number of hydrogen-bond donors (Lipinski definition) is 1. The van der Waals surface area contributed by atoms with Crippen LogP contribution >= 0.6 is 0 Å². The second-order valence-electron chi connectivity index (χ2n) is 4.81. The molecule has 0 unspecified atom stereocenters. The molecule has 1 amide bonds. The molecule has 1 N–H and O–H groups in total. The normalized spacial score (nSPS) is 14.6. The second-order valence-corrected chi connectivity index (χ2v) is 4.81. The first-order chi connectivity index (χ1) is 10.1. The van der Waals surface area contributed by atoms with Gasteiger partial charge in [-0.05, 0) is 25.0 Å². The number of hydrogen-bond acceptors (Lipinski definition) is 4. The van der Waals surface area contributed by atoms with Crippen LogP contribution in [0.4, 0.5) is 8.78 Å². The van der Waals surface area contributed by atoms with Gasteiger partial charge in [0.2, 0.25) is 0 Å². The second kappa shape index (κ2) is 5.19. The number of fused-ring (bicyclic) bond motifs is 1. The Hall–Kier alpha value is -2.38. The minimum Gasteiger partial charge on any atom is -0.345 e. The molecule has 1 aliphatic carbocycles. The molecule has 0 atom stereocenters. The Morgan fingerprint density at radius 3 is 2.90 bits per heavy atom. The SMILES string of the molecule is O=C(NCC(F)F)c1nc2cccnc2n(C2CC2)c1=O. The molecule has 2 heterocycles. The van der Waals surface area contributed by atoms with E-state index in [0.717, 1.165) is 12.8 Å². The minimum atomic E-state index is -2.68. The third-order valence-electron chi connectivity index (χ3n) is 3.19. The average Bonchev–Trinajstić information content (AvgIpc) is 3.28. The number of halogens is 2. The highest BCUT2D eigenvalue weighted by atomic mass is 19.3. The fourth-order valence-corrected chi connectivity index (χ4v) is 2.11. The van der Waals surface area contributed by atoms with Gasteiger partial charge in [-0.1, -0.05) is 0 Å². The summed E-state index contributed by atoms with van der Waals surface area (Å²) in [7, 11) is 0. The van der Waals surface area contributed by atoms with Gasteiger partial charge in [0.1, 0.15) is 5.52 Å². The predicted molar refractivity (Wildman–Crippen MR) is 70.4 cm³/mol. The van der Waals surface area contributed by atoms with Gasteiger partial charge in [0.05, 0.1) is 6.54 Å². The minimum absolute atomic E-state index is 0.000418. The number of alkyl halides is 2. The van der Waals surface area contributed by atoms with Crippen LogP contribution in [0.5, 0.6) is 0 Å². The van der Waals surface area contributed by atoms with E-state index in [1.165, 1.54) is 4.57 Å². The first-order valence-electron chi connectivity index (χ1n) is 6.51. The van der Waals surface area contributed by atoms with Crippen molar-refractivity contribution in [3.63, 3.8) is 0 Å². The monoisotopic (exact) mass is 294 g/mol. The third kappa shape index (κ3) is 2.61. The van der Waals surface area contributed by atoms with Crippen molar-refractivity contribution >= 4 is 17.1 Å². The fraction of sp³-hybridized carbons (Fsp3) is 0.385. The number of nitrogens with zero attached hydrogens (tertiary/aromatic N) is 3. The zero-order chi connectivity index (χ0) is 15.0. The smallest absolute Gasteiger partial charge is 0.284 e. The summed E-state index contributed by atoms with van der Waals surface area (Å²) >= 11 is 0. The van der Waals surface area contributed by atoms with Gasteiger partial charge in [0.25, 0.3) is 17.9 Å². The van der Waals surface area contributed by atoms with E-state index in [-0.39, 0.29) is 11.7 Å². The molecule has 6 nitrogen and oxygen atoms in total. The highest BCUT2D eigenvalue weighted by molar-refractivity contribution is 5.93.